The van der Waals surface area contributed by atoms with Crippen molar-refractivity contribution >= 4 is 53.2 Å². The molecule has 6 aliphatic heterocycles. The predicted molar refractivity (Wildman–Crippen MR) is 191 cm³/mol. The molecule has 0 saturated carbocycles. The Hall–Kier alpha value is -4.81. The van der Waals surface area contributed by atoms with E-state index < -0.39 is 78.8 Å². The van der Waals surface area contributed by atoms with Crippen molar-refractivity contribution in [2.45, 2.75) is 113 Å². The summed E-state index contributed by atoms with van der Waals surface area (Å²) in [6.07, 6.45) is 6.66. The van der Waals surface area contributed by atoms with Gasteiger partial charge in [-0.05, 0) is 83.6 Å². The topological polar surface area (TPSA) is 238 Å². The summed E-state index contributed by atoms with van der Waals surface area (Å²) in [5, 5.41) is 19.8. The quantitative estimate of drug-likeness (QED) is 0.135. The first-order valence-corrected chi connectivity index (χ1v) is 19.7. The highest BCUT2D eigenvalue weighted by Gasteiger charge is 2.45. The van der Waals surface area contributed by atoms with Gasteiger partial charge >= 0.3 is 5.97 Å². The van der Waals surface area contributed by atoms with Gasteiger partial charge in [0.2, 0.25) is 47.3 Å². The summed E-state index contributed by atoms with van der Waals surface area (Å²) in [4.78, 5) is 124. The van der Waals surface area contributed by atoms with Crippen molar-refractivity contribution in [2.75, 3.05) is 58.9 Å². The van der Waals surface area contributed by atoms with E-state index in [1.165, 1.54) is 19.6 Å². The number of carboxylic acids is 1. The van der Waals surface area contributed by atoms with Gasteiger partial charge in [0.05, 0.1) is 19.1 Å². The first-order valence-electron chi connectivity index (χ1n) is 19.7. The molecule has 6 heterocycles. The maximum Gasteiger partial charge on any atom is 0.322 e. The highest BCUT2D eigenvalue weighted by Crippen LogP contribution is 2.27. The molecule has 6 aliphatic rings. The number of amides is 8. The van der Waals surface area contributed by atoms with Crippen molar-refractivity contribution in [2.24, 2.45) is 0 Å². The van der Waals surface area contributed by atoms with Crippen LogP contribution in [0.3, 0.4) is 0 Å². The molecule has 0 aromatic rings. The molecule has 0 aromatic heterocycles. The van der Waals surface area contributed by atoms with Crippen LogP contribution in [-0.2, 0) is 43.2 Å². The molecule has 6 rings (SSSR count). The van der Waals surface area contributed by atoms with Crippen LogP contribution in [0.2, 0.25) is 0 Å². The number of likely N-dealkylation sites (tertiary alicyclic amines) is 5. The van der Waals surface area contributed by atoms with Gasteiger partial charge in [0.15, 0.2) is 0 Å². The Morgan fingerprint density at radius 3 is 1.20 bits per heavy atom. The fourth-order valence-corrected chi connectivity index (χ4v) is 9.08. The van der Waals surface area contributed by atoms with Gasteiger partial charge in [0.1, 0.15) is 36.8 Å². The van der Waals surface area contributed by atoms with E-state index in [1.807, 2.05) is 0 Å². The van der Waals surface area contributed by atoms with Crippen LogP contribution >= 0.6 is 0 Å². The molecule has 0 unspecified atom stereocenters. The molecule has 6 fully saturated rings. The van der Waals surface area contributed by atoms with Gasteiger partial charge in [-0.25, -0.2) is 0 Å². The molecule has 5 N–H and O–H groups in total. The zero-order valence-corrected chi connectivity index (χ0v) is 31.2. The zero-order valence-electron chi connectivity index (χ0n) is 31.2. The summed E-state index contributed by atoms with van der Waals surface area (Å²) < 4.78 is 0. The average molecular weight is 772 g/mol. The molecule has 6 saturated heterocycles. The number of nitrogens with one attached hydrogen (secondary N) is 4. The first kappa shape index (κ1) is 39.9. The third kappa shape index (κ3) is 8.86. The predicted octanol–water partition coefficient (Wildman–Crippen LogP) is -2.87. The van der Waals surface area contributed by atoms with E-state index >= 15 is 0 Å². The highest BCUT2D eigenvalue weighted by molar-refractivity contribution is 5.97. The van der Waals surface area contributed by atoms with Crippen LogP contribution in [0, 0.1) is 0 Å². The van der Waals surface area contributed by atoms with Crippen LogP contribution in [0.4, 0.5) is 0 Å². The summed E-state index contributed by atoms with van der Waals surface area (Å²) in [6.45, 7) is 1.23. The second-order valence-corrected chi connectivity index (χ2v) is 15.3. The van der Waals surface area contributed by atoms with E-state index in [0.29, 0.717) is 96.9 Å². The molecule has 6 atom stereocenters. The Bertz CT molecular complexity index is 1550. The summed E-state index contributed by atoms with van der Waals surface area (Å²) in [5.74, 6) is -4.39. The summed E-state index contributed by atoms with van der Waals surface area (Å²) in [6, 6.07) is -4.21. The lowest BCUT2D eigenvalue weighted by atomic mass is 10.1. The Labute approximate surface area is 319 Å². The van der Waals surface area contributed by atoms with Crippen LogP contribution < -0.4 is 21.3 Å². The Morgan fingerprint density at radius 2 is 0.818 bits per heavy atom. The van der Waals surface area contributed by atoms with E-state index in [9.17, 15) is 43.2 Å². The Morgan fingerprint density at radius 1 is 0.455 bits per heavy atom. The van der Waals surface area contributed by atoms with E-state index in [1.54, 1.807) is 4.90 Å². The van der Waals surface area contributed by atoms with Crippen LogP contribution in [0.25, 0.3) is 0 Å². The number of carbonyl (C=O) groups is 9. The van der Waals surface area contributed by atoms with Crippen molar-refractivity contribution in [1.82, 2.24) is 45.8 Å². The van der Waals surface area contributed by atoms with Crippen LogP contribution in [-0.4, -0.2) is 178 Å². The molecule has 0 spiro atoms. The number of carbonyl (C=O) groups excluding carboxylic acids is 8. The van der Waals surface area contributed by atoms with Crippen molar-refractivity contribution in [3.8, 4) is 0 Å². The Balaban J connectivity index is 0.984. The van der Waals surface area contributed by atoms with Gasteiger partial charge < -0.3 is 50.9 Å². The van der Waals surface area contributed by atoms with Crippen LogP contribution in [0.15, 0.2) is 0 Å². The van der Waals surface area contributed by atoms with Gasteiger partial charge in [0, 0.05) is 32.7 Å². The Kier molecular flexibility index (Phi) is 12.9. The maximum absolute atomic E-state index is 13.8. The van der Waals surface area contributed by atoms with Crippen LogP contribution in [0.5, 0.6) is 0 Å². The van der Waals surface area contributed by atoms with Gasteiger partial charge in [-0.1, -0.05) is 0 Å². The fraction of sp³-hybridized carbons (Fsp3) is 0.750. The number of aliphatic carboxylic acids is 1. The minimum absolute atomic E-state index is 0.0919. The lowest BCUT2D eigenvalue weighted by molar-refractivity contribution is -0.148. The smallest absolute Gasteiger partial charge is 0.322 e. The third-order valence-electron chi connectivity index (χ3n) is 11.8. The van der Waals surface area contributed by atoms with Crippen molar-refractivity contribution in [3.63, 3.8) is 0 Å². The maximum atomic E-state index is 13.8. The van der Waals surface area contributed by atoms with E-state index in [2.05, 4.69) is 21.3 Å². The molecule has 0 radical (unpaired) electrons. The SMILES string of the molecule is O=C(O)CNC(=O)[C@@H]1CCCN1C(=O)[C@@H]1CCCN1C(=O)CNC(=O)[C@@H]1CCCN1C(=O)[C@@H]1CCCN1C(=O)CNC(=O)[C@@H]1CCCN1C(=O)[C@@H]1CCCN1. The molecular weight excluding hydrogens is 718 g/mol. The summed E-state index contributed by atoms with van der Waals surface area (Å²) >= 11 is 0. The van der Waals surface area contributed by atoms with E-state index in [-0.39, 0.29) is 30.3 Å². The molecule has 55 heavy (non-hydrogen) atoms. The van der Waals surface area contributed by atoms with Gasteiger partial charge in [0.25, 0.3) is 0 Å². The first-order chi connectivity index (χ1) is 26.5. The molecule has 302 valence electrons. The van der Waals surface area contributed by atoms with E-state index in [4.69, 9.17) is 5.11 Å². The molecule has 8 amide bonds. The van der Waals surface area contributed by atoms with E-state index in [0.717, 1.165) is 19.4 Å². The minimum Gasteiger partial charge on any atom is -0.480 e. The van der Waals surface area contributed by atoms with Crippen molar-refractivity contribution in [3.05, 3.63) is 0 Å². The van der Waals surface area contributed by atoms with Crippen LogP contribution in [0.1, 0.15) is 77.0 Å². The number of carboxylic acid groups (broad SMARTS) is 1. The lowest BCUT2D eigenvalue weighted by Crippen LogP contribution is -2.56. The minimum atomic E-state index is -1.20. The number of nitrogens with zero attached hydrogens (tertiary/aromatic N) is 5. The van der Waals surface area contributed by atoms with Gasteiger partial charge in [-0.2, -0.15) is 0 Å². The normalized spacial score (nSPS) is 27.7. The highest BCUT2D eigenvalue weighted by atomic mass is 16.4. The zero-order chi connectivity index (χ0) is 39.2. The molecule has 0 bridgehead atoms. The third-order valence-corrected chi connectivity index (χ3v) is 11.8. The van der Waals surface area contributed by atoms with Gasteiger partial charge in [-0.15, -0.1) is 0 Å². The number of rotatable bonds is 12. The van der Waals surface area contributed by atoms with Crippen molar-refractivity contribution < 1.29 is 48.3 Å². The van der Waals surface area contributed by atoms with Gasteiger partial charge in [-0.3, -0.25) is 43.2 Å². The molecule has 19 nitrogen and oxygen atoms in total. The summed E-state index contributed by atoms with van der Waals surface area (Å²) in [7, 11) is 0. The lowest BCUT2D eigenvalue weighted by Gasteiger charge is -2.32. The average Bonchev–Trinajstić information content (AvgIpc) is 4.04. The molecular formula is C36H53N9O10. The number of hydrogen-bond acceptors (Lipinski definition) is 10. The fourth-order valence-electron chi connectivity index (χ4n) is 9.08. The largest absolute Gasteiger partial charge is 0.480 e. The summed E-state index contributed by atoms with van der Waals surface area (Å²) in [5.41, 5.74) is 0. The second-order valence-electron chi connectivity index (χ2n) is 15.3. The molecule has 0 aromatic carbocycles. The second kappa shape index (κ2) is 17.8. The standard InChI is InChI=1S/C36H53N9O10/c46-28(19-38-31(50)23-8-2-16-43(23)34(53)22-7-1-13-37-22)41-14-5-11-26(41)35(54)44-17-3-9-24(44)32(51)39-20-29(47)42-15-6-12-27(42)36(55)45-18-4-10-25(45)33(52)40-21-30(48)49/h22-27,37H,1-21H2,(H,38,50)(H,39,51)(H,40,52)(H,48,49)/t22-,23-,24-,25-,26-,27-/m0/s1. The molecule has 19 heteroatoms. The number of hydrogen-bond donors (Lipinski definition) is 5. The van der Waals surface area contributed by atoms with Crippen molar-refractivity contribution in [1.29, 1.82) is 0 Å². The monoisotopic (exact) mass is 771 g/mol. The molecule has 0 aliphatic carbocycles.